The first kappa shape index (κ1) is 26.3. The van der Waals surface area contributed by atoms with Crippen LogP contribution in [0.15, 0.2) is 11.8 Å². The van der Waals surface area contributed by atoms with E-state index in [-0.39, 0.29) is 22.7 Å². The number of allylic oxidation sites excluding steroid dienone is 1. The first-order valence-corrected chi connectivity index (χ1v) is 16.2. The summed E-state index contributed by atoms with van der Waals surface area (Å²) in [6, 6.07) is 0.495. The lowest BCUT2D eigenvalue weighted by Gasteiger charge is -2.60. The minimum atomic E-state index is -1.92. The molecule has 2 saturated carbocycles. The van der Waals surface area contributed by atoms with Crippen molar-refractivity contribution in [2.75, 3.05) is 13.7 Å². The second-order valence-corrected chi connectivity index (χ2v) is 18.9. The van der Waals surface area contributed by atoms with Gasteiger partial charge in [-0.15, -0.1) is 0 Å². The van der Waals surface area contributed by atoms with Crippen molar-refractivity contribution in [2.45, 2.75) is 117 Å². The molecule has 1 unspecified atom stereocenters. The molecule has 0 aromatic carbocycles. The van der Waals surface area contributed by atoms with Crippen molar-refractivity contribution < 1.29 is 14.0 Å². The summed E-state index contributed by atoms with van der Waals surface area (Å²) < 4.78 is 12.4. The van der Waals surface area contributed by atoms with E-state index in [4.69, 9.17) is 9.16 Å². The second-order valence-electron chi connectivity index (χ2n) is 13.5. The smallest absolute Gasteiger partial charge is 0.309 e. The van der Waals surface area contributed by atoms with E-state index in [1.165, 1.54) is 18.6 Å². The van der Waals surface area contributed by atoms with Gasteiger partial charge in [-0.3, -0.25) is 4.79 Å². The van der Waals surface area contributed by atoms with Crippen LogP contribution in [0, 0.1) is 34.5 Å². The summed E-state index contributed by atoms with van der Waals surface area (Å²) in [6.07, 6.45) is 9.22. The van der Waals surface area contributed by atoms with Gasteiger partial charge in [0.2, 0.25) is 0 Å². The molecule has 3 fully saturated rings. The van der Waals surface area contributed by atoms with Crippen LogP contribution in [0.5, 0.6) is 0 Å². The van der Waals surface area contributed by atoms with Crippen LogP contribution in [0.4, 0.5) is 0 Å². The average Bonchev–Trinajstić information content (AvgIpc) is 3.13. The van der Waals surface area contributed by atoms with Gasteiger partial charge in [0.05, 0.1) is 18.8 Å². The maximum Gasteiger partial charge on any atom is 0.309 e. The number of methoxy groups -OCH3 is 1. The van der Waals surface area contributed by atoms with E-state index in [1.807, 2.05) is 0 Å². The molecule has 0 amide bonds. The molecule has 1 heterocycles. The number of hydrogen-bond donors (Lipinski definition) is 1. The standard InChI is InChI=1S/C29H51NO3Si/c1-18(2)34(19(3)4,20(5)6)33-21-12-14-29(8)24-13-15-28(7)23(10-11-25(28)27(31)32-9)22(24)17-30-26(29)16-21/h12,18-20,22-26,30H,10-11,13-17H2,1-9H3/t22-,23-,24-,25+,26?,28-,29+/m0/s1. The zero-order valence-electron chi connectivity index (χ0n) is 23.4. The van der Waals surface area contributed by atoms with Crippen LogP contribution in [-0.2, 0) is 14.0 Å². The van der Waals surface area contributed by atoms with Crippen molar-refractivity contribution >= 4 is 14.3 Å². The molecule has 5 heteroatoms. The van der Waals surface area contributed by atoms with E-state index in [0.717, 1.165) is 38.1 Å². The van der Waals surface area contributed by atoms with E-state index in [9.17, 15) is 4.79 Å². The Hall–Kier alpha value is -0.813. The van der Waals surface area contributed by atoms with Gasteiger partial charge in [0.25, 0.3) is 8.32 Å². The van der Waals surface area contributed by atoms with Crippen LogP contribution in [0.1, 0.15) is 93.9 Å². The van der Waals surface area contributed by atoms with Gasteiger partial charge < -0.3 is 14.5 Å². The number of rotatable bonds is 6. The van der Waals surface area contributed by atoms with Crippen LogP contribution in [-0.4, -0.2) is 34.0 Å². The summed E-state index contributed by atoms with van der Waals surface area (Å²) in [5.74, 6) is 3.40. The number of esters is 1. The highest BCUT2D eigenvalue weighted by Crippen LogP contribution is 2.64. The third kappa shape index (κ3) is 3.83. The Balaban J connectivity index is 1.55. The SMILES string of the molecule is COC(=O)[C@H]1CC[C@H]2[C@@H]3CNC4CC(O[Si](C(C)C)(C(C)C)C(C)C)=CC[C@]4(C)[C@H]3CC[C@]12C. The van der Waals surface area contributed by atoms with Gasteiger partial charge in [0.15, 0.2) is 0 Å². The molecule has 194 valence electrons. The van der Waals surface area contributed by atoms with Crippen LogP contribution < -0.4 is 5.32 Å². The van der Waals surface area contributed by atoms with Crippen molar-refractivity contribution in [3.8, 4) is 0 Å². The minimum absolute atomic E-state index is 0.0202. The van der Waals surface area contributed by atoms with Gasteiger partial charge >= 0.3 is 5.97 Å². The molecule has 4 rings (SSSR count). The lowest BCUT2D eigenvalue weighted by molar-refractivity contribution is -0.153. The minimum Gasteiger partial charge on any atom is -0.546 e. The predicted molar refractivity (Wildman–Crippen MR) is 142 cm³/mol. The van der Waals surface area contributed by atoms with E-state index < -0.39 is 8.32 Å². The normalized spacial score (nSPS) is 40.0. The van der Waals surface area contributed by atoms with Gasteiger partial charge in [-0.05, 0) is 89.9 Å². The van der Waals surface area contributed by atoms with Gasteiger partial charge in [0, 0.05) is 12.5 Å². The lowest BCUT2D eigenvalue weighted by Crippen LogP contribution is -2.62. The summed E-state index contributed by atoms with van der Waals surface area (Å²) in [6.45, 7) is 20.3. The summed E-state index contributed by atoms with van der Waals surface area (Å²) in [5.41, 5.74) is 2.19. The molecular weight excluding hydrogens is 438 g/mol. The Morgan fingerprint density at radius 1 is 1.00 bits per heavy atom. The second kappa shape index (κ2) is 9.25. The zero-order chi connectivity index (χ0) is 25.1. The van der Waals surface area contributed by atoms with Gasteiger partial charge in [0.1, 0.15) is 0 Å². The van der Waals surface area contributed by atoms with E-state index >= 15 is 0 Å². The van der Waals surface area contributed by atoms with Crippen molar-refractivity contribution in [1.29, 1.82) is 0 Å². The van der Waals surface area contributed by atoms with E-state index in [0.29, 0.717) is 34.5 Å². The number of nitrogens with one attached hydrogen (secondary N) is 1. The average molecular weight is 490 g/mol. The monoisotopic (exact) mass is 489 g/mol. The number of carbonyl (C=O) groups excluding carboxylic acids is 1. The topological polar surface area (TPSA) is 47.6 Å². The summed E-state index contributed by atoms with van der Waals surface area (Å²) in [4.78, 5) is 12.6. The Morgan fingerprint density at radius 3 is 2.21 bits per heavy atom. The molecule has 1 saturated heterocycles. The van der Waals surface area contributed by atoms with Crippen molar-refractivity contribution in [2.24, 2.45) is 34.5 Å². The molecule has 34 heavy (non-hydrogen) atoms. The molecule has 0 spiro atoms. The first-order chi connectivity index (χ1) is 15.9. The molecule has 0 aromatic rings. The molecule has 0 bridgehead atoms. The maximum atomic E-state index is 12.6. The van der Waals surface area contributed by atoms with Gasteiger partial charge in [-0.2, -0.15) is 0 Å². The van der Waals surface area contributed by atoms with E-state index in [1.54, 1.807) is 7.11 Å². The molecule has 0 aromatic heterocycles. The molecule has 4 aliphatic rings. The van der Waals surface area contributed by atoms with Crippen molar-refractivity contribution in [3.63, 3.8) is 0 Å². The number of fused-ring (bicyclic) bond motifs is 5. The molecule has 4 nitrogen and oxygen atoms in total. The Labute approximate surface area is 210 Å². The maximum absolute atomic E-state index is 12.6. The van der Waals surface area contributed by atoms with Crippen LogP contribution in [0.2, 0.25) is 16.6 Å². The Kier molecular flexibility index (Phi) is 7.14. The number of carbonyl (C=O) groups is 1. The van der Waals surface area contributed by atoms with Crippen molar-refractivity contribution in [3.05, 3.63) is 11.8 Å². The highest BCUT2D eigenvalue weighted by atomic mass is 28.4. The highest BCUT2D eigenvalue weighted by Gasteiger charge is 2.61. The van der Waals surface area contributed by atoms with Crippen LogP contribution in [0.25, 0.3) is 0 Å². The molecule has 7 atom stereocenters. The third-order valence-corrected chi connectivity index (χ3v) is 17.4. The molecule has 1 N–H and O–H groups in total. The van der Waals surface area contributed by atoms with Crippen LogP contribution in [0.3, 0.4) is 0 Å². The summed E-state index contributed by atoms with van der Waals surface area (Å²) in [5, 5.41) is 4.03. The van der Waals surface area contributed by atoms with Crippen molar-refractivity contribution in [1.82, 2.24) is 5.32 Å². The summed E-state index contributed by atoms with van der Waals surface area (Å²) in [7, 11) is -0.363. The number of piperidine rings is 1. The highest BCUT2D eigenvalue weighted by molar-refractivity contribution is 6.77. The fraction of sp³-hybridized carbons (Fsp3) is 0.897. The number of ether oxygens (including phenoxy) is 1. The molecular formula is C29H51NO3Si. The molecule has 3 aliphatic carbocycles. The van der Waals surface area contributed by atoms with Crippen LogP contribution >= 0.6 is 0 Å². The third-order valence-electron chi connectivity index (χ3n) is 11.4. The Morgan fingerprint density at radius 2 is 1.62 bits per heavy atom. The fourth-order valence-electron chi connectivity index (χ4n) is 9.57. The summed E-state index contributed by atoms with van der Waals surface area (Å²) >= 11 is 0. The molecule has 0 radical (unpaired) electrons. The van der Waals surface area contributed by atoms with Gasteiger partial charge in [-0.1, -0.05) is 55.4 Å². The zero-order valence-corrected chi connectivity index (χ0v) is 24.4. The van der Waals surface area contributed by atoms with Gasteiger partial charge in [-0.25, -0.2) is 0 Å². The largest absolute Gasteiger partial charge is 0.546 e. The quantitative estimate of drug-likeness (QED) is 0.320. The molecule has 1 aliphatic heterocycles. The fourth-order valence-corrected chi connectivity index (χ4v) is 14.9. The van der Waals surface area contributed by atoms with E-state index in [2.05, 4.69) is 66.8 Å². The lowest BCUT2D eigenvalue weighted by atomic mass is 9.49. The predicted octanol–water partition coefficient (Wildman–Crippen LogP) is 7.07. The first-order valence-electron chi connectivity index (χ1n) is 14.1. The number of hydrogen-bond acceptors (Lipinski definition) is 4. The Bertz CT molecular complexity index is 785.